The average molecular weight is 353 g/mol. The molecule has 0 radical (unpaired) electrons. The van der Waals surface area contributed by atoms with Gasteiger partial charge in [-0.05, 0) is 34.2 Å². The fourth-order valence-electron chi connectivity index (χ4n) is 2.45. The van der Waals surface area contributed by atoms with Gasteiger partial charge in [-0.25, -0.2) is 9.18 Å². The summed E-state index contributed by atoms with van der Waals surface area (Å²) >= 11 is 0. The fraction of sp³-hybridized carbons (Fsp3) is 0.286. The molecule has 2 aromatic rings. The Balaban J connectivity index is 1.88. The second-order valence-corrected chi connectivity index (χ2v) is 7.17. The van der Waals surface area contributed by atoms with Gasteiger partial charge in [0.25, 0.3) is 0 Å². The first-order chi connectivity index (χ1) is 12.2. The summed E-state index contributed by atoms with van der Waals surface area (Å²) in [4.78, 5) is 11.9. The van der Waals surface area contributed by atoms with Crippen LogP contribution in [0.1, 0.15) is 43.0 Å². The minimum atomic E-state index is -0.586. The molecule has 0 aliphatic carbocycles. The summed E-state index contributed by atoms with van der Waals surface area (Å²) in [7, 11) is 0. The summed E-state index contributed by atoms with van der Waals surface area (Å²) in [6.45, 7) is 7.01. The van der Waals surface area contributed by atoms with Crippen molar-refractivity contribution in [3.05, 3.63) is 64.5 Å². The van der Waals surface area contributed by atoms with E-state index < -0.39 is 5.82 Å². The number of amides is 2. The van der Waals surface area contributed by atoms with Crippen LogP contribution in [0, 0.1) is 18.2 Å². The molecule has 0 saturated carbocycles. The van der Waals surface area contributed by atoms with Gasteiger partial charge < -0.3 is 16.4 Å². The third kappa shape index (κ3) is 5.00. The van der Waals surface area contributed by atoms with Crippen LogP contribution in [0.3, 0.4) is 0 Å². The Kier molecular flexibility index (Phi) is 5.89. The predicted octanol–water partition coefficient (Wildman–Crippen LogP) is 3.69. The van der Waals surface area contributed by atoms with Crippen molar-refractivity contribution in [2.45, 2.75) is 39.3 Å². The van der Waals surface area contributed by atoms with Gasteiger partial charge in [0, 0.05) is 13.1 Å². The lowest BCUT2D eigenvalue weighted by atomic mass is 9.87. The van der Waals surface area contributed by atoms with E-state index in [1.165, 1.54) is 11.6 Å². The summed E-state index contributed by atoms with van der Waals surface area (Å²) in [6, 6.07) is 10.6. The third-order valence-electron chi connectivity index (χ3n) is 4.07. The van der Waals surface area contributed by atoms with E-state index in [1.54, 1.807) is 6.07 Å². The van der Waals surface area contributed by atoms with Crippen molar-refractivity contribution in [2.75, 3.05) is 5.73 Å². The lowest BCUT2D eigenvalue weighted by Gasteiger charge is -2.19. The highest BCUT2D eigenvalue weighted by molar-refractivity contribution is 5.73. The fourth-order valence-corrected chi connectivity index (χ4v) is 2.45. The van der Waals surface area contributed by atoms with Crippen LogP contribution in [0.2, 0.25) is 0 Å². The topological polar surface area (TPSA) is 67.2 Å². The number of nitrogens with one attached hydrogen (secondary N) is 2. The Morgan fingerprint density at radius 2 is 1.69 bits per heavy atom. The van der Waals surface area contributed by atoms with Gasteiger partial charge in [0.15, 0.2) is 0 Å². The molecule has 136 valence electrons. The Morgan fingerprint density at radius 1 is 1.12 bits per heavy atom. The normalized spacial score (nSPS) is 10.9. The lowest BCUT2D eigenvalue weighted by Crippen LogP contribution is -2.34. The van der Waals surface area contributed by atoms with Gasteiger partial charge in [-0.15, -0.1) is 6.42 Å². The Bertz CT molecular complexity index is 830. The number of anilines is 1. The van der Waals surface area contributed by atoms with Crippen LogP contribution in [0.25, 0.3) is 0 Å². The molecule has 0 atom stereocenters. The van der Waals surface area contributed by atoms with Crippen LogP contribution >= 0.6 is 0 Å². The molecule has 4 nitrogen and oxygen atoms in total. The number of terminal acetylenes is 1. The monoisotopic (exact) mass is 353 g/mol. The van der Waals surface area contributed by atoms with Crippen molar-refractivity contribution in [3.63, 3.8) is 0 Å². The second-order valence-electron chi connectivity index (χ2n) is 7.17. The number of rotatable bonds is 4. The molecule has 4 N–H and O–H groups in total. The Labute approximate surface area is 154 Å². The van der Waals surface area contributed by atoms with Crippen molar-refractivity contribution < 1.29 is 9.18 Å². The molecule has 0 fully saturated rings. The zero-order valence-corrected chi connectivity index (χ0v) is 15.3. The highest BCUT2D eigenvalue weighted by Gasteiger charge is 2.13. The van der Waals surface area contributed by atoms with Gasteiger partial charge in [0.2, 0.25) is 0 Å². The van der Waals surface area contributed by atoms with E-state index in [-0.39, 0.29) is 29.2 Å². The van der Waals surface area contributed by atoms with E-state index in [1.807, 2.05) is 12.1 Å². The molecular formula is C21H24FN3O. The standard InChI is InChI=1S/C21H24FN3O/c1-5-16-10-15(11-18(22)19(16)23)13-25-20(26)24-12-14-6-8-17(9-7-14)21(2,3)4/h1,6-11H,12-13,23H2,2-4H3,(H2,24,25,26). The van der Waals surface area contributed by atoms with Gasteiger partial charge in [0.1, 0.15) is 5.82 Å². The van der Waals surface area contributed by atoms with E-state index in [9.17, 15) is 9.18 Å². The molecule has 0 aromatic heterocycles. The smallest absolute Gasteiger partial charge is 0.315 e. The summed E-state index contributed by atoms with van der Waals surface area (Å²) < 4.78 is 13.7. The molecule has 0 saturated heterocycles. The molecule has 2 amide bonds. The largest absolute Gasteiger partial charge is 0.395 e. The molecule has 0 unspecified atom stereocenters. The first-order valence-corrected chi connectivity index (χ1v) is 8.36. The lowest BCUT2D eigenvalue weighted by molar-refractivity contribution is 0.240. The number of nitrogens with two attached hydrogens (primary N) is 1. The van der Waals surface area contributed by atoms with Crippen LogP contribution in [0.4, 0.5) is 14.9 Å². The number of benzene rings is 2. The zero-order chi connectivity index (χ0) is 19.3. The SMILES string of the molecule is C#Cc1cc(CNC(=O)NCc2ccc(C(C)(C)C)cc2)cc(F)c1N. The first-order valence-electron chi connectivity index (χ1n) is 8.36. The Morgan fingerprint density at radius 3 is 2.23 bits per heavy atom. The number of hydrogen-bond donors (Lipinski definition) is 3. The van der Waals surface area contributed by atoms with Gasteiger partial charge in [-0.2, -0.15) is 0 Å². The minimum absolute atomic E-state index is 0.0561. The number of hydrogen-bond acceptors (Lipinski definition) is 2. The van der Waals surface area contributed by atoms with E-state index in [0.717, 1.165) is 5.56 Å². The van der Waals surface area contributed by atoms with Crippen molar-refractivity contribution in [2.24, 2.45) is 0 Å². The summed E-state index contributed by atoms with van der Waals surface area (Å²) in [5.41, 5.74) is 8.65. The number of halogens is 1. The van der Waals surface area contributed by atoms with Crippen LogP contribution in [-0.2, 0) is 18.5 Å². The van der Waals surface area contributed by atoms with E-state index in [4.69, 9.17) is 12.2 Å². The highest BCUT2D eigenvalue weighted by atomic mass is 19.1. The average Bonchev–Trinajstić information content (AvgIpc) is 2.60. The van der Waals surface area contributed by atoms with Crippen molar-refractivity contribution >= 4 is 11.7 Å². The van der Waals surface area contributed by atoms with Crippen LogP contribution in [0.15, 0.2) is 36.4 Å². The first kappa shape index (κ1) is 19.3. The quantitative estimate of drug-likeness (QED) is 0.580. The van der Waals surface area contributed by atoms with Gasteiger partial charge in [-0.1, -0.05) is 51.0 Å². The maximum absolute atomic E-state index is 13.7. The molecule has 2 rings (SSSR count). The van der Waals surface area contributed by atoms with Crippen LogP contribution < -0.4 is 16.4 Å². The number of nitrogen functional groups attached to an aromatic ring is 1. The minimum Gasteiger partial charge on any atom is -0.395 e. The van der Waals surface area contributed by atoms with E-state index in [2.05, 4.69) is 49.5 Å². The second kappa shape index (κ2) is 7.92. The molecule has 0 aliphatic rings. The number of carbonyl (C=O) groups excluding carboxylic acids is 1. The number of carbonyl (C=O) groups is 1. The maximum atomic E-state index is 13.7. The van der Waals surface area contributed by atoms with E-state index in [0.29, 0.717) is 12.1 Å². The molecule has 0 spiro atoms. The highest BCUT2D eigenvalue weighted by Crippen LogP contribution is 2.22. The van der Waals surface area contributed by atoms with Crippen LogP contribution in [0.5, 0.6) is 0 Å². The van der Waals surface area contributed by atoms with E-state index >= 15 is 0 Å². The summed E-state index contributed by atoms with van der Waals surface area (Å²) in [5, 5.41) is 5.45. The number of urea groups is 1. The zero-order valence-electron chi connectivity index (χ0n) is 15.3. The van der Waals surface area contributed by atoms with Crippen molar-refractivity contribution in [3.8, 4) is 12.3 Å². The summed E-state index contributed by atoms with van der Waals surface area (Å²) in [5.74, 6) is 1.75. The van der Waals surface area contributed by atoms with Gasteiger partial charge >= 0.3 is 6.03 Å². The molecule has 5 heteroatoms. The molecule has 0 heterocycles. The van der Waals surface area contributed by atoms with Gasteiger partial charge in [-0.3, -0.25) is 0 Å². The molecule has 0 aliphatic heterocycles. The molecule has 2 aromatic carbocycles. The summed E-state index contributed by atoms with van der Waals surface area (Å²) in [6.07, 6.45) is 5.30. The molecule has 0 bridgehead atoms. The third-order valence-corrected chi connectivity index (χ3v) is 4.07. The molecule has 26 heavy (non-hydrogen) atoms. The van der Waals surface area contributed by atoms with Crippen molar-refractivity contribution in [1.29, 1.82) is 0 Å². The van der Waals surface area contributed by atoms with Crippen molar-refractivity contribution in [1.82, 2.24) is 10.6 Å². The molecular weight excluding hydrogens is 329 g/mol. The maximum Gasteiger partial charge on any atom is 0.315 e. The van der Waals surface area contributed by atoms with Gasteiger partial charge in [0.05, 0.1) is 11.3 Å². The predicted molar refractivity (Wildman–Crippen MR) is 103 cm³/mol. The Hall–Kier alpha value is -3.00. The van der Waals surface area contributed by atoms with Crippen LogP contribution in [-0.4, -0.2) is 6.03 Å².